The van der Waals surface area contributed by atoms with E-state index in [1.807, 2.05) is 28.9 Å². The van der Waals surface area contributed by atoms with Gasteiger partial charge in [-0.05, 0) is 63.0 Å². The zero-order valence-electron chi connectivity index (χ0n) is 18.9. The average molecular weight is 461 g/mol. The monoisotopic (exact) mass is 460 g/mol. The van der Waals surface area contributed by atoms with Crippen molar-refractivity contribution in [2.45, 2.75) is 70.1 Å². The number of hydrogen-bond acceptors (Lipinski definition) is 5. The fourth-order valence-electron chi connectivity index (χ4n) is 6.12. The molecule has 2 saturated carbocycles. The number of rotatable bonds is 3. The van der Waals surface area contributed by atoms with Gasteiger partial charge < -0.3 is 14.5 Å². The third-order valence-electron chi connectivity index (χ3n) is 7.79. The molecule has 4 unspecified atom stereocenters. The fraction of sp³-hybridized carbons (Fsp3) is 0.667. The molecule has 4 aliphatic rings. The van der Waals surface area contributed by atoms with Gasteiger partial charge in [0.15, 0.2) is 5.75 Å². The van der Waals surface area contributed by atoms with Gasteiger partial charge in [-0.3, -0.25) is 10.2 Å². The molecule has 0 aromatic heterocycles. The SMILES string of the molecule is CC(=O)N1C2CCC(C3CNN(C4CC4)C3)CC2N(C(=O)Oc2ccccc2Cl)C[C@@H]1C. The molecule has 174 valence electrons. The summed E-state index contributed by atoms with van der Waals surface area (Å²) in [5, 5.41) is 2.84. The van der Waals surface area contributed by atoms with Gasteiger partial charge in [0.2, 0.25) is 5.91 Å². The van der Waals surface area contributed by atoms with Crippen LogP contribution in [-0.4, -0.2) is 70.6 Å². The van der Waals surface area contributed by atoms with Gasteiger partial charge in [0, 0.05) is 38.6 Å². The van der Waals surface area contributed by atoms with E-state index in [2.05, 4.69) is 10.4 Å². The average Bonchev–Trinajstić information content (AvgIpc) is 3.50. The topological polar surface area (TPSA) is 65.1 Å². The number of para-hydroxylation sites is 1. The summed E-state index contributed by atoms with van der Waals surface area (Å²) in [6, 6.07) is 7.74. The van der Waals surface area contributed by atoms with Crippen LogP contribution in [0.3, 0.4) is 0 Å². The van der Waals surface area contributed by atoms with Gasteiger partial charge in [0.1, 0.15) is 0 Å². The van der Waals surface area contributed by atoms with Crippen molar-refractivity contribution >= 4 is 23.6 Å². The number of nitrogens with zero attached hydrogens (tertiary/aromatic N) is 3. The Bertz CT molecular complexity index is 879. The van der Waals surface area contributed by atoms with Crippen molar-refractivity contribution in [2.24, 2.45) is 11.8 Å². The van der Waals surface area contributed by atoms with Crippen LogP contribution in [0.1, 0.15) is 46.0 Å². The number of amides is 2. The standard InChI is InChI=1S/C24H33ClN4O3/c1-15-13-27(24(31)32-23-6-4-3-5-20(23)25)22-11-17(7-10-21(22)29(15)16(2)30)18-12-26-28(14-18)19-8-9-19/h3-6,15,17-19,21-22,26H,7-14H2,1-2H3/t15-,17?,18?,21?,22?/m0/s1. The van der Waals surface area contributed by atoms with Crippen LogP contribution >= 0.6 is 11.6 Å². The third-order valence-corrected chi connectivity index (χ3v) is 8.10. The maximum atomic E-state index is 13.3. The number of hydrazine groups is 1. The Kier molecular flexibility index (Phi) is 6.07. The van der Waals surface area contributed by atoms with Gasteiger partial charge in [-0.25, -0.2) is 9.80 Å². The molecule has 0 spiro atoms. The first-order valence-electron chi connectivity index (χ1n) is 11.9. The predicted molar refractivity (Wildman–Crippen MR) is 122 cm³/mol. The number of ether oxygens (including phenoxy) is 1. The second-order valence-electron chi connectivity index (χ2n) is 9.94. The second kappa shape index (κ2) is 8.84. The highest BCUT2D eigenvalue weighted by molar-refractivity contribution is 6.32. The predicted octanol–water partition coefficient (Wildman–Crippen LogP) is 3.53. The minimum atomic E-state index is -0.368. The largest absolute Gasteiger partial charge is 0.415 e. The van der Waals surface area contributed by atoms with E-state index in [1.165, 1.54) is 12.8 Å². The smallest absolute Gasteiger partial charge is 0.409 e. The minimum absolute atomic E-state index is 0.0289. The van der Waals surface area contributed by atoms with E-state index >= 15 is 0 Å². The lowest BCUT2D eigenvalue weighted by molar-refractivity contribution is -0.142. The minimum Gasteiger partial charge on any atom is -0.409 e. The Balaban J connectivity index is 1.34. The van der Waals surface area contributed by atoms with Gasteiger partial charge in [-0.15, -0.1) is 0 Å². The third kappa shape index (κ3) is 4.22. The molecule has 0 bridgehead atoms. The maximum Gasteiger partial charge on any atom is 0.415 e. The van der Waals surface area contributed by atoms with Crippen molar-refractivity contribution in [1.29, 1.82) is 0 Å². The Labute approximate surface area is 195 Å². The van der Waals surface area contributed by atoms with Gasteiger partial charge in [-0.2, -0.15) is 0 Å². The van der Waals surface area contributed by atoms with E-state index in [1.54, 1.807) is 19.1 Å². The number of benzene rings is 1. The molecule has 2 aliphatic heterocycles. The summed E-state index contributed by atoms with van der Waals surface area (Å²) in [5.74, 6) is 1.59. The van der Waals surface area contributed by atoms with Gasteiger partial charge >= 0.3 is 6.09 Å². The van der Waals surface area contributed by atoms with Gasteiger partial charge in [0.05, 0.1) is 17.1 Å². The molecule has 32 heavy (non-hydrogen) atoms. The van der Waals surface area contributed by atoms with Crippen molar-refractivity contribution in [2.75, 3.05) is 19.6 Å². The molecule has 7 nitrogen and oxygen atoms in total. The van der Waals surface area contributed by atoms with Crippen molar-refractivity contribution in [3.8, 4) is 5.75 Å². The molecule has 8 heteroatoms. The zero-order chi connectivity index (χ0) is 22.4. The van der Waals surface area contributed by atoms with E-state index in [4.69, 9.17) is 16.3 Å². The summed E-state index contributed by atoms with van der Waals surface area (Å²) < 4.78 is 5.73. The van der Waals surface area contributed by atoms with E-state index in [0.717, 1.165) is 32.4 Å². The Morgan fingerprint density at radius 2 is 1.84 bits per heavy atom. The van der Waals surface area contributed by atoms with Crippen LogP contribution in [0, 0.1) is 11.8 Å². The van der Waals surface area contributed by atoms with Crippen LogP contribution in [0.15, 0.2) is 24.3 Å². The number of nitrogens with one attached hydrogen (secondary N) is 1. The van der Waals surface area contributed by atoms with E-state index < -0.39 is 0 Å². The molecule has 5 rings (SSSR count). The Morgan fingerprint density at radius 1 is 1.06 bits per heavy atom. The fourth-order valence-corrected chi connectivity index (χ4v) is 6.29. The molecule has 1 aromatic rings. The quantitative estimate of drug-likeness (QED) is 0.747. The summed E-state index contributed by atoms with van der Waals surface area (Å²) in [7, 11) is 0. The first kappa shape index (κ1) is 22.0. The summed E-state index contributed by atoms with van der Waals surface area (Å²) in [5.41, 5.74) is 3.59. The Morgan fingerprint density at radius 3 is 2.56 bits per heavy atom. The van der Waals surface area contributed by atoms with Crippen molar-refractivity contribution in [3.63, 3.8) is 0 Å². The number of carbonyl (C=O) groups excluding carboxylic acids is 2. The molecule has 2 heterocycles. The number of piperazine rings is 1. The van der Waals surface area contributed by atoms with Gasteiger partial charge in [0.25, 0.3) is 0 Å². The second-order valence-corrected chi connectivity index (χ2v) is 10.3. The number of halogens is 1. The van der Waals surface area contributed by atoms with Crippen LogP contribution in [0.5, 0.6) is 5.75 Å². The number of carbonyl (C=O) groups is 2. The molecule has 1 N–H and O–H groups in total. The van der Waals surface area contributed by atoms with Crippen LogP contribution in [-0.2, 0) is 4.79 Å². The molecule has 5 atom stereocenters. The lowest BCUT2D eigenvalue weighted by atomic mass is 9.73. The Hall–Kier alpha value is -1.83. The van der Waals surface area contributed by atoms with Gasteiger partial charge in [-0.1, -0.05) is 23.7 Å². The lowest BCUT2D eigenvalue weighted by Crippen LogP contribution is -2.67. The van der Waals surface area contributed by atoms with E-state index in [-0.39, 0.29) is 30.1 Å². The molecule has 4 fully saturated rings. The first-order valence-corrected chi connectivity index (χ1v) is 12.3. The number of hydrogen-bond donors (Lipinski definition) is 1. The number of fused-ring (bicyclic) bond motifs is 1. The highest BCUT2D eigenvalue weighted by atomic mass is 35.5. The summed E-state index contributed by atoms with van der Waals surface area (Å²) in [6.07, 6.45) is 5.15. The molecule has 2 aliphatic carbocycles. The van der Waals surface area contributed by atoms with Crippen molar-refractivity contribution in [3.05, 3.63) is 29.3 Å². The highest BCUT2D eigenvalue weighted by Gasteiger charge is 2.49. The van der Waals surface area contributed by atoms with Crippen LogP contribution in [0.4, 0.5) is 4.79 Å². The van der Waals surface area contributed by atoms with Crippen LogP contribution in [0.25, 0.3) is 0 Å². The van der Waals surface area contributed by atoms with Crippen molar-refractivity contribution < 1.29 is 14.3 Å². The van der Waals surface area contributed by atoms with Crippen LogP contribution in [0.2, 0.25) is 5.02 Å². The zero-order valence-corrected chi connectivity index (χ0v) is 19.6. The van der Waals surface area contributed by atoms with Crippen LogP contribution < -0.4 is 10.2 Å². The summed E-state index contributed by atoms with van der Waals surface area (Å²) >= 11 is 6.23. The van der Waals surface area contributed by atoms with E-state index in [9.17, 15) is 9.59 Å². The lowest BCUT2D eigenvalue weighted by Gasteiger charge is -2.54. The maximum absolute atomic E-state index is 13.3. The molecule has 2 saturated heterocycles. The normalized spacial score (nSPS) is 33.2. The summed E-state index contributed by atoms with van der Waals surface area (Å²) in [6.45, 7) is 6.24. The first-order chi connectivity index (χ1) is 15.4. The molecular weight excluding hydrogens is 428 g/mol. The van der Waals surface area contributed by atoms with Crippen molar-refractivity contribution in [1.82, 2.24) is 20.2 Å². The highest BCUT2D eigenvalue weighted by Crippen LogP contribution is 2.41. The molecule has 2 amide bonds. The molecule has 1 aromatic carbocycles. The molecular formula is C24H33ClN4O3. The molecule has 0 radical (unpaired) electrons. The summed E-state index contributed by atoms with van der Waals surface area (Å²) in [4.78, 5) is 29.7. The van der Waals surface area contributed by atoms with E-state index in [0.29, 0.717) is 35.2 Å².